The third kappa shape index (κ3) is 6.81. The first kappa shape index (κ1) is 13.3. The van der Waals surface area contributed by atoms with Gasteiger partial charge < -0.3 is 4.89 Å². The molecule has 10 heavy (non-hydrogen) atoms. The van der Waals surface area contributed by atoms with Gasteiger partial charge in [-0.3, -0.25) is 9.05 Å². The fourth-order valence-corrected chi connectivity index (χ4v) is 1.09. The Labute approximate surface area is 72.4 Å². The maximum Gasteiger partial charge on any atom is 0.472 e. The van der Waals surface area contributed by atoms with Crippen LogP contribution in [-0.2, 0) is 32.2 Å². The molecule has 4 nitrogen and oxygen atoms in total. The minimum absolute atomic E-state index is 0. The molecule has 1 N–H and O–H groups in total. The van der Waals surface area contributed by atoms with Gasteiger partial charge in [-0.05, 0) is 13.8 Å². The van der Waals surface area contributed by atoms with E-state index in [0.29, 0.717) is 0 Å². The van der Waals surface area contributed by atoms with Gasteiger partial charge in [0.05, 0.1) is 13.2 Å². The van der Waals surface area contributed by atoms with Crippen LogP contribution in [0.2, 0.25) is 0 Å². The van der Waals surface area contributed by atoms with Crippen molar-refractivity contribution in [2.75, 3.05) is 13.2 Å². The van der Waals surface area contributed by atoms with Gasteiger partial charge in [0.2, 0.25) is 0 Å². The number of rotatable bonds is 4. The van der Waals surface area contributed by atoms with E-state index >= 15 is 0 Å². The zero-order valence-corrected chi connectivity index (χ0v) is 8.27. The number of hydrogen-bond acceptors (Lipinski definition) is 3. The van der Waals surface area contributed by atoms with E-state index in [9.17, 15) is 4.57 Å². The molecule has 0 rings (SSSR count). The van der Waals surface area contributed by atoms with E-state index < -0.39 is 7.82 Å². The van der Waals surface area contributed by atoms with E-state index in [1.165, 1.54) is 0 Å². The predicted octanol–water partition coefficient (Wildman–Crippen LogP) is 1.16. The molecule has 0 atom stereocenters. The van der Waals surface area contributed by atoms with Crippen LogP contribution in [0.3, 0.4) is 0 Å². The molecule has 0 spiro atoms. The van der Waals surface area contributed by atoms with Gasteiger partial charge in [-0.1, -0.05) is 0 Å². The van der Waals surface area contributed by atoms with Crippen LogP contribution in [0.5, 0.6) is 0 Å². The molecule has 0 aliphatic carbocycles. The van der Waals surface area contributed by atoms with E-state index in [0.717, 1.165) is 0 Å². The van der Waals surface area contributed by atoms with Crippen LogP contribution in [0.4, 0.5) is 0 Å². The number of phosphoric acid groups is 1. The Balaban J connectivity index is 0. The van der Waals surface area contributed by atoms with Crippen molar-refractivity contribution in [3.05, 3.63) is 0 Å². The normalized spacial score (nSPS) is 10.7. The molecule has 0 saturated heterocycles. The van der Waals surface area contributed by atoms with Crippen LogP contribution in [0, 0.1) is 0 Å². The van der Waals surface area contributed by atoms with Crippen LogP contribution >= 0.6 is 7.82 Å². The summed E-state index contributed by atoms with van der Waals surface area (Å²) in [5.41, 5.74) is 0. The molecular weight excluding hydrogens is 194 g/mol. The molecule has 6 heteroatoms. The van der Waals surface area contributed by atoms with Crippen molar-refractivity contribution in [3.63, 3.8) is 0 Å². The van der Waals surface area contributed by atoms with Gasteiger partial charge in [0.1, 0.15) is 0 Å². The summed E-state index contributed by atoms with van der Waals surface area (Å²) in [5, 5.41) is 0. The smallest absolute Gasteiger partial charge is 0.302 e. The Morgan fingerprint density at radius 1 is 1.30 bits per heavy atom. The molecular formula is C4H11O4PV. The van der Waals surface area contributed by atoms with Gasteiger partial charge in [-0.2, -0.15) is 0 Å². The van der Waals surface area contributed by atoms with Crippen molar-refractivity contribution in [1.29, 1.82) is 0 Å². The minimum atomic E-state index is -3.69. The van der Waals surface area contributed by atoms with Crippen LogP contribution in [-0.4, -0.2) is 18.1 Å². The van der Waals surface area contributed by atoms with Crippen molar-refractivity contribution in [1.82, 2.24) is 0 Å². The Bertz CT molecular complexity index is 108. The fourth-order valence-electron chi connectivity index (χ4n) is 0.364. The molecule has 0 aliphatic heterocycles. The van der Waals surface area contributed by atoms with Crippen molar-refractivity contribution in [3.8, 4) is 0 Å². The first-order chi connectivity index (χ1) is 4.12. The van der Waals surface area contributed by atoms with E-state index in [2.05, 4.69) is 9.05 Å². The SMILES string of the molecule is CCOP(=O)(O)OCC.[V]. The molecule has 0 aromatic rings. The topological polar surface area (TPSA) is 55.8 Å². The summed E-state index contributed by atoms with van der Waals surface area (Å²) in [6.45, 7) is 3.63. The Morgan fingerprint density at radius 3 is 1.80 bits per heavy atom. The van der Waals surface area contributed by atoms with Gasteiger partial charge in [0, 0.05) is 18.6 Å². The Morgan fingerprint density at radius 2 is 1.60 bits per heavy atom. The van der Waals surface area contributed by atoms with Gasteiger partial charge in [0.15, 0.2) is 0 Å². The first-order valence-electron chi connectivity index (χ1n) is 2.74. The first-order valence-corrected chi connectivity index (χ1v) is 4.23. The van der Waals surface area contributed by atoms with Crippen molar-refractivity contribution in [2.24, 2.45) is 0 Å². The third-order valence-corrected chi connectivity index (χ3v) is 1.75. The molecule has 0 aliphatic rings. The maximum atomic E-state index is 10.5. The number of hydrogen-bond donors (Lipinski definition) is 1. The van der Waals surface area contributed by atoms with Crippen LogP contribution < -0.4 is 0 Å². The summed E-state index contributed by atoms with van der Waals surface area (Å²) in [7, 11) is -3.69. The van der Waals surface area contributed by atoms with Crippen molar-refractivity contribution >= 4 is 7.82 Å². The summed E-state index contributed by atoms with van der Waals surface area (Å²) in [4.78, 5) is 8.63. The maximum absolute atomic E-state index is 10.5. The third-order valence-electron chi connectivity index (χ3n) is 0.584. The summed E-state index contributed by atoms with van der Waals surface area (Å²) in [6, 6.07) is 0. The second kappa shape index (κ2) is 6.41. The second-order valence-electron chi connectivity index (χ2n) is 1.30. The molecule has 1 radical (unpaired) electrons. The van der Waals surface area contributed by atoms with Gasteiger partial charge >= 0.3 is 7.82 Å². The van der Waals surface area contributed by atoms with Crippen LogP contribution in [0.25, 0.3) is 0 Å². The zero-order chi connectivity index (χ0) is 7.33. The Hall–Kier alpha value is 0.694. The van der Waals surface area contributed by atoms with Gasteiger partial charge in [-0.25, -0.2) is 4.57 Å². The second-order valence-corrected chi connectivity index (χ2v) is 2.76. The molecule has 0 unspecified atom stereocenters. The number of phosphoric ester groups is 1. The predicted molar refractivity (Wildman–Crippen MR) is 33.1 cm³/mol. The summed E-state index contributed by atoms with van der Waals surface area (Å²) < 4.78 is 19.2. The standard InChI is InChI=1S/C4H11O4P.V/c1-3-7-9(5,6)8-4-2;/h3-4H2,1-2H3,(H,5,6);. The van der Waals surface area contributed by atoms with E-state index in [4.69, 9.17) is 4.89 Å². The molecule has 61 valence electrons. The van der Waals surface area contributed by atoms with Crippen LogP contribution in [0.1, 0.15) is 13.8 Å². The van der Waals surface area contributed by atoms with E-state index in [-0.39, 0.29) is 31.8 Å². The summed E-state index contributed by atoms with van der Waals surface area (Å²) in [5.74, 6) is 0. The molecule has 0 amide bonds. The zero-order valence-electron chi connectivity index (χ0n) is 5.98. The average Bonchev–Trinajstić information content (AvgIpc) is 1.64. The van der Waals surface area contributed by atoms with Crippen LogP contribution in [0.15, 0.2) is 0 Å². The van der Waals surface area contributed by atoms with Gasteiger partial charge in [-0.15, -0.1) is 0 Å². The van der Waals surface area contributed by atoms with Crippen molar-refractivity contribution < 1.29 is 37.1 Å². The molecule has 0 bridgehead atoms. The largest absolute Gasteiger partial charge is 0.472 e. The fraction of sp³-hybridized carbons (Fsp3) is 1.00. The molecule has 0 saturated carbocycles. The minimum Gasteiger partial charge on any atom is -0.302 e. The summed E-state index contributed by atoms with van der Waals surface area (Å²) >= 11 is 0. The average molecular weight is 205 g/mol. The van der Waals surface area contributed by atoms with Crippen molar-refractivity contribution in [2.45, 2.75) is 13.8 Å². The molecule has 0 heterocycles. The summed E-state index contributed by atoms with van der Waals surface area (Å²) in [6.07, 6.45) is 0. The molecule has 0 fully saturated rings. The monoisotopic (exact) mass is 205 g/mol. The Kier molecular flexibility index (Phi) is 8.52. The molecule has 0 aromatic carbocycles. The quantitative estimate of drug-likeness (QED) is 0.699. The van der Waals surface area contributed by atoms with E-state index in [1.807, 2.05) is 0 Å². The molecule has 0 aromatic heterocycles. The van der Waals surface area contributed by atoms with E-state index in [1.54, 1.807) is 13.8 Å². The van der Waals surface area contributed by atoms with Gasteiger partial charge in [0.25, 0.3) is 0 Å².